The Labute approximate surface area is 206 Å². The molecular weight excluding hydrogens is 440 g/mol. The summed E-state index contributed by atoms with van der Waals surface area (Å²) in [5.41, 5.74) is 16.1. The van der Waals surface area contributed by atoms with Crippen molar-refractivity contribution >= 4 is 12.1 Å². The van der Waals surface area contributed by atoms with Crippen LogP contribution in [0.15, 0.2) is 94.3 Å². The monoisotopic (exact) mass is 474 g/mol. The van der Waals surface area contributed by atoms with Crippen LogP contribution < -0.4 is 26.8 Å². The first kappa shape index (κ1) is 25.4. The summed E-state index contributed by atoms with van der Waals surface area (Å²) in [5, 5.41) is 14.3. The molecule has 1 aromatic rings. The van der Waals surface area contributed by atoms with Crippen LogP contribution in [0.5, 0.6) is 5.88 Å². The lowest BCUT2D eigenvalue weighted by molar-refractivity contribution is 0.396. The van der Waals surface area contributed by atoms with E-state index in [9.17, 15) is 0 Å². The highest BCUT2D eigenvalue weighted by Crippen LogP contribution is 2.27. The van der Waals surface area contributed by atoms with Crippen molar-refractivity contribution in [1.82, 2.24) is 20.5 Å². The molecule has 0 bridgehead atoms. The van der Waals surface area contributed by atoms with Crippen LogP contribution in [-0.2, 0) is 6.54 Å². The first-order valence-corrected chi connectivity index (χ1v) is 11.4. The first-order chi connectivity index (χ1) is 16.8. The Hall–Kier alpha value is -4.27. The van der Waals surface area contributed by atoms with Crippen LogP contribution in [0.3, 0.4) is 0 Å². The number of aromatic nitrogens is 1. The third-order valence-corrected chi connectivity index (χ3v) is 5.55. The fourth-order valence-corrected chi connectivity index (χ4v) is 3.62. The van der Waals surface area contributed by atoms with Crippen LogP contribution in [0.2, 0.25) is 0 Å². The fourth-order valence-electron chi connectivity index (χ4n) is 3.62. The molecule has 3 rings (SSSR count). The smallest absolute Gasteiger partial charge is 0.213 e. The van der Waals surface area contributed by atoms with Crippen molar-refractivity contribution in [3.05, 3.63) is 95.0 Å². The summed E-state index contributed by atoms with van der Waals surface area (Å²) in [6, 6.07) is 5.62. The van der Waals surface area contributed by atoms with Gasteiger partial charge < -0.3 is 37.1 Å². The van der Waals surface area contributed by atoms with Crippen LogP contribution in [0.25, 0.3) is 0 Å². The third kappa shape index (κ3) is 6.63. The molecule has 0 saturated carbocycles. The highest BCUT2D eigenvalue weighted by Gasteiger charge is 2.24. The van der Waals surface area contributed by atoms with Gasteiger partial charge in [0.1, 0.15) is 11.7 Å². The lowest BCUT2D eigenvalue weighted by Crippen LogP contribution is -2.35. The summed E-state index contributed by atoms with van der Waals surface area (Å²) in [6.45, 7) is 4.61. The van der Waals surface area contributed by atoms with Gasteiger partial charge in [0, 0.05) is 42.9 Å². The van der Waals surface area contributed by atoms with Crippen LogP contribution in [0.1, 0.15) is 19.5 Å². The zero-order chi connectivity index (χ0) is 25.4. The molecule has 184 valence electrons. The molecule has 0 fully saturated rings. The van der Waals surface area contributed by atoms with Gasteiger partial charge in [0.25, 0.3) is 0 Å². The zero-order valence-electron chi connectivity index (χ0n) is 20.6. The molecule has 2 aliphatic heterocycles. The van der Waals surface area contributed by atoms with Gasteiger partial charge in [-0.05, 0) is 42.0 Å². The normalized spacial score (nSPS) is 18.4. The molecule has 0 aliphatic carbocycles. The molecule has 3 heterocycles. The van der Waals surface area contributed by atoms with Gasteiger partial charge in [-0.25, -0.2) is 9.98 Å². The van der Waals surface area contributed by atoms with E-state index >= 15 is 0 Å². The Morgan fingerprint density at radius 2 is 2.14 bits per heavy atom. The highest BCUT2D eigenvalue weighted by molar-refractivity contribution is 5.96. The van der Waals surface area contributed by atoms with E-state index < -0.39 is 0 Å². The number of aliphatic imine (C=N–C) groups is 1. The quantitative estimate of drug-likeness (QED) is 0.274. The number of hydrogen-bond donors (Lipinski definition) is 5. The summed E-state index contributed by atoms with van der Waals surface area (Å²) in [4.78, 5) is 11.2. The van der Waals surface area contributed by atoms with E-state index in [0.29, 0.717) is 24.1 Å². The summed E-state index contributed by atoms with van der Waals surface area (Å²) < 4.78 is 5.17. The second kappa shape index (κ2) is 11.7. The van der Waals surface area contributed by atoms with Crippen LogP contribution in [-0.4, -0.2) is 42.1 Å². The van der Waals surface area contributed by atoms with E-state index in [-0.39, 0.29) is 12.0 Å². The minimum Gasteiger partial charge on any atom is -0.481 e. The molecule has 0 spiro atoms. The van der Waals surface area contributed by atoms with E-state index in [4.69, 9.17) is 26.6 Å². The molecular formula is C26H34N8O. The van der Waals surface area contributed by atoms with Gasteiger partial charge in [-0.15, -0.1) is 0 Å². The number of ether oxygens (including phenoxy) is 1. The predicted octanol–water partition coefficient (Wildman–Crippen LogP) is 2.65. The van der Waals surface area contributed by atoms with E-state index in [1.165, 1.54) is 6.21 Å². The Kier molecular flexibility index (Phi) is 8.50. The number of fused-ring (bicyclic) bond motifs is 1. The molecule has 9 nitrogen and oxygen atoms in total. The van der Waals surface area contributed by atoms with Gasteiger partial charge in [-0.1, -0.05) is 26.0 Å². The van der Waals surface area contributed by atoms with Crippen molar-refractivity contribution in [2.24, 2.45) is 22.4 Å². The molecule has 1 aromatic heterocycles. The van der Waals surface area contributed by atoms with E-state index in [0.717, 1.165) is 28.1 Å². The molecule has 2 aliphatic rings. The summed E-state index contributed by atoms with van der Waals surface area (Å²) in [5.74, 6) is 1.93. The average Bonchev–Trinajstić information content (AvgIpc) is 2.84. The molecule has 7 N–H and O–H groups in total. The number of hydrogen-bond acceptors (Lipinski definition) is 9. The van der Waals surface area contributed by atoms with Gasteiger partial charge in [-0.2, -0.15) is 0 Å². The number of likely N-dealkylation sites (N-methyl/N-ethyl adjacent to an activating group) is 1. The van der Waals surface area contributed by atoms with Crippen molar-refractivity contribution < 1.29 is 4.74 Å². The Morgan fingerprint density at radius 3 is 2.83 bits per heavy atom. The molecule has 0 saturated heterocycles. The van der Waals surface area contributed by atoms with Crippen LogP contribution >= 0.6 is 0 Å². The zero-order valence-corrected chi connectivity index (χ0v) is 20.6. The minimum atomic E-state index is 0.00518. The number of allylic oxidation sites excluding steroid dienone is 5. The van der Waals surface area contributed by atoms with Gasteiger partial charge >= 0.3 is 0 Å². The van der Waals surface area contributed by atoms with Crippen molar-refractivity contribution in [2.45, 2.75) is 26.4 Å². The number of dihydropyridines is 1. The predicted molar refractivity (Wildman–Crippen MR) is 141 cm³/mol. The van der Waals surface area contributed by atoms with Crippen molar-refractivity contribution in [1.29, 1.82) is 5.41 Å². The molecule has 0 radical (unpaired) electrons. The number of pyridine rings is 1. The standard InChI is InChI=1S/C26H34N8O/c1-17(2)18(12-27)11-24(29)33-25-9-8-23-22(32-25)10-19(16-34(23)3)20(13-28)14-30-15-21-6-5-7-26(31-21)35-4/h5-14,16-17,23,28,30H,15,27,29H2,1-4H3,(H,32,33)/b18-12+,20-14+,24-11+,28-13?. The second-order valence-corrected chi connectivity index (χ2v) is 8.46. The number of rotatable bonds is 9. The van der Waals surface area contributed by atoms with E-state index in [2.05, 4.69) is 40.4 Å². The molecule has 9 heteroatoms. The first-order valence-electron chi connectivity index (χ1n) is 11.4. The molecule has 35 heavy (non-hydrogen) atoms. The van der Waals surface area contributed by atoms with E-state index in [1.54, 1.807) is 25.6 Å². The largest absolute Gasteiger partial charge is 0.481 e. The third-order valence-electron chi connectivity index (χ3n) is 5.55. The maximum atomic E-state index is 7.93. The minimum absolute atomic E-state index is 0.00518. The number of nitrogens with zero attached hydrogens (tertiary/aromatic N) is 3. The maximum Gasteiger partial charge on any atom is 0.213 e. The topological polar surface area (TPSA) is 138 Å². The van der Waals surface area contributed by atoms with Gasteiger partial charge in [0.15, 0.2) is 0 Å². The number of methoxy groups -OCH3 is 1. The van der Waals surface area contributed by atoms with Gasteiger partial charge in [-0.3, -0.25) is 0 Å². The SMILES string of the molecule is COc1cccc(CN/C=C(\C=N)C2=CN(C)C3C=CC(N/C(N)=C/C(=C\N)C(C)C)=NC3=C2)n1. The number of nitrogens with two attached hydrogens (primary N) is 2. The van der Waals surface area contributed by atoms with E-state index in [1.807, 2.05) is 43.6 Å². The lowest BCUT2D eigenvalue weighted by Gasteiger charge is -2.32. The van der Waals surface area contributed by atoms with Gasteiger partial charge in [0.05, 0.1) is 31.1 Å². The Balaban J connectivity index is 1.76. The average molecular weight is 475 g/mol. The Bertz CT molecular complexity index is 1150. The lowest BCUT2D eigenvalue weighted by atomic mass is 9.99. The second-order valence-electron chi connectivity index (χ2n) is 8.46. The fraction of sp³-hybridized carbons (Fsp3) is 0.269. The summed E-state index contributed by atoms with van der Waals surface area (Å²) in [7, 11) is 3.58. The van der Waals surface area contributed by atoms with Crippen molar-refractivity contribution in [2.75, 3.05) is 14.2 Å². The highest BCUT2D eigenvalue weighted by atomic mass is 16.5. The van der Waals surface area contributed by atoms with Crippen molar-refractivity contribution in [3.63, 3.8) is 0 Å². The van der Waals surface area contributed by atoms with Crippen LogP contribution in [0.4, 0.5) is 0 Å². The summed E-state index contributed by atoms with van der Waals surface area (Å²) in [6.07, 6.45) is 14.5. The van der Waals surface area contributed by atoms with Crippen molar-refractivity contribution in [3.8, 4) is 5.88 Å². The Morgan fingerprint density at radius 1 is 1.34 bits per heavy atom. The number of nitrogens with one attached hydrogen (secondary N) is 3. The number of amidine groups is 1. The van der Waals surface area contributed by atoms with Crippen LogP contribution in [0, 0.1) is 11.3 Å². The molecule has 1 atom stereocenters. The molecule has 1 unspecified atom stereocenters. The molecule has 0 aromatic carbocycles. The maximum absolute atomic E-state index is 7.93. The van der Waals surface area contributed by atoms with Gasteiger partial charge in [0.2, 0.25) is 5.88 Å². The summed E-state index contributed by atoms with van der Waals surface area (Å²) >= 11 is 0. The molecule has 0 amide bonds.